The highest BCUT2D eigenvalue weighted by atomic mass is 16.5. The third-order valence-corrected chi connectivity index (χ3v) is 5.54. The molecule has 0 amide bonds. The Kier molecular flexibility index (Phi) is 2.90. The predicted molar refractivity (Wildman–Crippen MR) is 79.5 cm³/mol. The van der Waals surface area contributed by atoms with Crippen molar-refractivity contribution in [3.05, 3.63) is 47.1 Å². The number of ether oxygens (including phenoxy) is 2. The average Bonchev–Trinajstić information content (AvgIpc) is 3.21. The van der Waals surface area contributed by atoms with E-state index in [9.17, 15) is 9.59 Å². The lowest BCUT2D eigenvalue weighted by atomic mass is 9.78. The molecule has 0 heterocycles. The minimum absolute atomic E-state index is 0.0449. The summed E-state index contributed by atoms with van der Waals surface area (Å²) in [6.45, 7) is 0. The van der Waals surface area contributed by atoms with Crippen LogP contribution in [0.4, 0.5) is 0 Å². The van der Waals surface area contributed by atoms with Crippen molar-refractivity contribution in [3.63, 3.8) is 0 Å². The molecule has 22 heavy (non-hydrogen) atoms. The van der Waals surface area contributed by atoms with Crippen LogP contribution < -0.4 is 0 Å². The van der Waals surface area contributed by atoms with Crippen molar-refractivity contribution in [2.45, 2.75) is 6.42 Å². The number of methoxy groups -OCH3 is 2. The minimum Gasteiger partial charge on any atom is -0.466 e. The Labute approximate surface area is 129 Å². The summed E-state index contributed by atoms with van der Waals surface area (Å²) >= 11 is 0. The van der Waals surface area contributed by atoms with Crippen LogP contribution in [0.15, 0.2) is 47.1 Å². The molecule has 1 saturated carbocycles. The van der Waals surface area contributed by atoms with Crippen LogP contribution in [0.3, 0.4) is 0 Å². The molecule has 0 bridgehead atoms. The Balaban J connectivity index is 1.84. The van der Waals surface area contributed by atoms with Gasteiger partial charge in [-0.15, -0.1) is 0 Å². The summed E-state index contributed by atoms with van der Waals surface area (Å²) in [6, 6.07) is 0. The van der Waals surface area contributed by atoms with Crippen molar-refractivity contribution in [2.24, 2.45) is 29.6 Å². The number of hydrogen-bond donors (Lipinski definition) is 0. The second-order valence-electron chi connectivity index (χ2n) is 6.29. The first-order valence-electron chi connectivity index (χ1n) is 7.63. The van der Waals surface area contributed by atoms with Gasteiger partial charge in [0.25, 0.3) is 0 Å². The molecule has 4 aliphatic rings. The Morgan fingerprint density at radius 1 is 1.05 bits per heavy atom. The molecule has 0 aliphatic heterocycles. The minimum atomic E-state index is -0.429. The number of hydrogen-bond acceptors (Lipinski definition) is 4. The third-order valence-electron chi connectivity index (χ3n) is 5.54. The monoisotopic (exact) mass is 298 g/mol. The van der Waals surface area contributed by atoms with Crippen LogP contribution in [-0.2, 0) is 19.1 Å². The molecule has 0 saturated heterocycles. The zero-order valence-electron chi connectivity index (χ0n) is 12.6. The van der Waals surface area contributed by atoms with Gasteiger partial charge in [0, 0.05) is 11.8 Å². The fraction of sp³-hybridized carbons (Fsp3) is 0.444. The van der Waals surface area contributed by atoms with Crippen LogP contribution in [0.2, 0.25) is 0 Å². The van der Waals surface area contributed by atoms with Crippen LogP contribution in [0, 0.1) is 29.6 Å². The summed E-state index contributed by atoms with van der Waals surface area (Å²) < 4.78 is 9.85. The lowest BCUT2D eigenvalue weighted by Crippen LogP contribution is -2.26. The van der Waals surface area contributed by atoms with Gasteiger partial charge >= 0.3 is 11.9 Å². The van der Waals surface area contributed by atoms with E-state index in [0.717, 1.165) is 0 Å². The van der Waals surface area contributed by atoms with Gasteiger partial charge in [0.1, 0.15) is 0 Å². The van der Waals surface area contributed by atoms with Gasteiger partial charge in [-0.1, -0.05) is 36.0 Å². The molecule has 4 nitrogen and oxygen atoms in total. The molecule has 4 aliphatic carbocycles. The number of rotatable bonds is 2. The maximum atomic E-state index is 12.4. The quantitative estimate of drug-likeness (QED) is 0.579. The highest BCUT2D eigenvalue weighted by Gasteiger charge is 2.55. The zero-order chi connectivity index (χ0) is 15.4. The summed E-state index contributed by atoms with van der Waals surface area (Å²) in [5.41, 5.74) is 2.22. The van der Waals surface area contributed by atoms with Gasteiger partial charge in [-0.25, -0.2) is 9.59 Å². The molecular formula is C18H18O4. The molecule has 114 valence electrons. The SMILES string of the molecule is COC(=O)C1=C(C(=O)OC)[C@@H]2C(=CC1)[C@H]1C=C[C@@H]3C=C[C@@H]2[C@H]31. The Hall–Kier alpha value is -2.10. The first-order valence-corrected chi connectivity index (χ1v) is 7.63. The molecule has 4 rings (SSSR count). The number of esters is 2. The highest BCUT2D eigenvalue weighted by molar-refractivity contribution is 6.02. The van der Waals surface area contributed by atoms with Crippen LogP contribution in [0.25, 0.3) is 0 Å². The maximum absolute atomic E-state index is 12.4. The van der Waals surface area contributed by atoms with Gasteiger partial charge in [0.2, 0.25) is 0 Å². The van der Waals surface area contributed by atoms with E-state index in [2.05, 4.69) is 30.4 Å². The van der Waals surface area contributed by atoms with E-state index in [0.29, 0.717) is 35.3 Å². The topological polar surface area (TPSA) is 52.6 Å². The summed E-state index contributed by atoms with van der Waals surface area (Å²) in [5.74, 6) is 0.726. The van der Waals surface area contributed by atoms with E-state index >= 15 is 0 Å². The van der Waals surface area contributed by atoms with E-state index in [-0.39, 0.29) is 11.8 Å². The summed E-state index contributed by atoms with van der Waals surface area (Å²) in [6.07, 6.45) is 11.5. The molecule has 1 fully saturated rings. The predicted octanol–water partition coefficient (Wildman–Crippen LogP) is 2.19. The van der Waals surface area contributed by atoms with Gasteiger partial charge in [-0.3, -0.25) is 0 Å². The second-order valence-corrected chi connectivity index (χ2v) is 6.29. The molecule has 0 radical (unpaired) electrons. The fourth-order valence-corrected chi connectivity index (χ4v) is 4.73. The van der Waals surface area contributed by atoms with Crippen molar-refractivity contribution in [3.8, 4) is 0 Å². The van der Waals surface area contributed by atoms with Crippen molar-refractivity contribution in [2.75, 3.05) is 14.2 Å². The fourth-order valence-electron chi connectivity index (χ4n) is 4.73. The van der Waals surface area contributed by atoms with Crippen LogP contribution >= 0.6 is 0 Å². The standard InChI is InChI=1S/C18H18O4/c1-21-17(19)13-8-7-11-10-5-3-9-4-6-12(14(9)10)15(11)16(13)18(20)22-2/h3-7,9-10,12,14-15H,8H2,1-2H3/t9-,10-,12-,14-,15-/m1/s1. The third kappa shape index (κ3) is 1.58. The van der Waals surface area contributed by atoms with Crippen molar-refractivity contribution < 1.29 is 19.1 Å². The molecule has 5 atom stereocenters. The van der Waals surface area contributed by atoms with Crippen molar-refractivity contribution >= 4 is 11.9 Å². The highest BCUT2D eigenvalue weighted by Crippen LogP contribution is 2.60. The second kappa shape index (κ2) is 4.70. The van der Waals surface area contributed by atoms with Crippen molar-refractivity contribution in [1.29, 1.82) is 0 Å². The molecular weight excluding hydrogens is 280 g/mol. The smallest absolute Gasteiger partial charge is 0.334 e. The molecule has 0 N–H and O–H groups in total. The number of carbonyl (C=O) groups excluding carboxylic acids is 2. The van der Waals surface area contributed by atoms with Crippen LogP contribution in [-0.4, -0.2) is 26.2 Å². The Bertz CT molecular complexity index is 679. The summed E-state index contributed by atoms with van der Waals surface area (Å²) in [4.78, 5) is 24.5. The first kappa shape index (κ1) is 13.6. The summed E-state index contributed by atoms with van der Waals surface area (Å²) in [7, 11) is 2.71. The van der Waals surface area contributed by atoms with Crippen LogP contribution in [0.1, 0.15) is 6.42 Å². The molecule has 0 aromatic carbocycles. The van der Waals surface area contributed by atoms with Crippen LogP contribution in [0.5, 0.6) is 0 Å². The zero-order valence-corrected chi connectivity index (χ0v) is 12.6. The lowest BCUT2D eigenvalue weighted by molar-refractivity contribution is -0.140. The largest absolute Gasteiger partial charge is 0.466 e. The van der Waals surface area contributed by atoms with Gasteiger partial charge in [-0.2, -0.15) is 0 Å². The summed E-state index contributed by atoms with van der Waals surface area (Å²) in [5, 5.41) is 0. The van der Waals surface area contributed by atoms with Crippen molar-refractivity contribution in [1.82, 2.24) is 0 Å². The van der Waals surface area contributed by atoms with Gasteiger partial charge < -0.3 is 9.47 Å². The molecule has 0 spiro atoms. The van der Waals surface area contributed by atoms with E-state index in [1.807, 2.05) is 0 Å². The Morgan fingerprint density at radius 2 is 1.77 bits per heavy atom. The lowest BCUT2D eigenvalue weighted by Gasteiger charge is -2.26. The maximum Gasteiger partial charge on any atom is 0.334 e. The van der Waals surface area contributed by atoms with E-state index < -0.39 is 11.9 Å². The van der Waals surface area contributed by atoms with Gasteiger partial charge in [0.15, 0.2) is 0 Å². The molecule has 4 heteroatoms. The Morgan fingerprint density at radius 3 is 2.50 bits per heavy atom. The van der Waals surface area contributed by atoms with E-state index in [1.54, 1.807) is 0 Å². The number of fused-ring (bicyclic) bond motifs is 3. The molecule has 0 aromatic heterocycles. The number of carbonyl (C=O) groups is 2. The van der Waals surface area contributed by atoms with Gasteiger partial charge in [0.05, 0.1) is 25.4 Å². The first-order chi connectivity index (χ1) is 10.7. The molecule has 0 unspecified atom stereocenters. The average molecular weight is 298 g/mol. The number of allylic oxidation sites excluding steroid dienone is 6. The normalized spacial score (nSPS) is 37.0. The molecule has 0 aromatic rings. The van der Waals surface area contributed by atoms with Gasteiger partial charge in [-0.05, 0) is 24.2 Å². The van der Waals surface area contributed by atoms with E-state index in [1.165, 1.54) is 19.8 Å². The van der Waals surface area contributed by atoms with E-state index in [4.69, 9.17) is 9.47 Å².